The lowest BCUT2D eigenvalue weighted by molar-refractivity contribution is -0.116. The number of benzene rings is 2. The van der Waals surface area contributed by atoms with E-state index in [0.29, 0.717) is 53.5 Å². The second-order valence-corrected chi connectivity index (χ2v) is 18.1. The molecule has 0 unspecified atom stereocenters. The predicted octanol–water partition coefficient (Wildman–Crippen LogP) is 7.92. The van der Waals surface area contributed by atoms with Crippen LogP contribution in [0.4, 0.5) is 23.0 Å². The van der Waals surface area contributed by atoms with Crippen LogP contribution in [0.2, 0.25) is 0 Å². The number of hydrogen-bond acceptors (Lipinski definition) is 11. The van der Waals surface area contributed by atoms with E-state index in [0.717, 1.165) is 28.8 Å². The van der Waals surface area contributed by atoms with Gasteiger partial charge in [0, 0.05) is 85.8 Å². The van der Waals surface area contributed by atoms with Crippen LogP contribution in [-0.4, -0.2) is 79.6 Å². The van der Waals surface area contributed by atoms with Crippen molar-refractivity contribution < 1.29 is 28.7 Å². The molecule has 2 aromatic carbocycles. The summed E-state index contributed by atoms with van der Waals surface area (Å²) in [5.74, 6) is 0.581. The lowest BCUT2D eigenvalue weighted by Gasteiger charge is -2.22. The van der Waals surface area contributed by atoms with Crippen molar-refractivity contribution in [2.24, 2.45) is 19.1 Å². The van der Waals surface area contributed by atoms with E-state index in [9.17, 15) is 19.2 Å². The van der Waals surface area contributed by atoms with Gasteiger partial charge in [0.25, 0.3) is 11.8 Å². The van der Waals surface area contributed by atoms with Crippen molar-refractivity contribution in [3.8, 4) is 22.6 Å². The van der Waals surface area contributed by atoms with Crippen molar-refractivity contribution in [1.82, 2.24) is 19.1 Å². The minimum Gasteiger partial charge on any atom is -0.493 e. The van der Waals surface area contributed by atoms with Crippen molar-refractivity contribution in [2.45, 2.75) is 56.7 Å². The number of hydrogen-bond donors (Lipinski definition) is 2. The minimum atomic E-state index is -0.497. The third kappa shape index (κ3) is 9.23. The summed E-state index contributed by atoms with van der Waals surface area (Å²) < 4.78 is 14.9. The molecule has 0 fully saturated rings. The maximum atomic E-state index is 13.7. The summed E-state index contributed by atoms with van der Waals surface area (Å²) in [6.45, 7) is 4.49. The highest BCUT2D eigenvalue weighted by molar-refractivity contribution is 8.76. The maximum Gasteiger partial charge on any atom is 0.292 e. The van der Waals surface area contributed by atoms with Crippen molar-refractivity contribution in [2.75, 3.05) is 35.5 Å². The number of fused-ring (bicyclic) bond motifs is 4. The van der Waals surface area contributed by atoms with Gasteiger partial charge < -0.3 is 29.2 Å². The van der Waals surface area contributed by atoms with Crippen molar-refractivity contribution in [3.05, 3.63) is 95.8 Å². The Kier molecular flexibility index (Phi) is 12.3. The number of pyridine rings is 1. The van der Waals surface area contributed by atoms with Crippen LogP contribution >= 0.6 is 21.6 Å². The Labute approximate surface area is 350 Å². The van der Waals surface area contributed by atoms with Crippen molar-refractivity contribution in [1.29, 1.82) is 0 Å². The standard InChI is InChI=1S/C43H46N8O6S2/c1-43(2,59-58-6)16-15-34(52)33-19-28(24-49(33)3)27-13-14-37(45-22-27)48-41(54)40-47-38(25-50(40)4)46-39(53)12-9-17-57-36-21-31-30(20-35(36)56-5)42(55)51-29(23-44-31)18-26-10-7-8-11-32(26)51/h7-8,10-11,13-14,19-25,29H,9,12,15-18H2,1-6H3,(H,46,53)(H,45,48,54)/t29-/m0/s1. The number of amides is 3. The second kappa shape index (κ2) is 17.5. The molecule has 14 nitrogen and oxygen atoms in total. The number of imidazole rings is 1. The summed E-state index contributed by atoms with van der Waals surface area (Å²) in [5, 5.41) is 5.51. The predicted molar refractivity (Wildman–Crippen MR) is 234 cm³/mol. The molecule has 306 valence electrons. The molecule has 0 saturated carbocycles. The number of carbonyl (C=O) groups is 4. The lowest BCUT2D eigenvalue weighted by atomic mass is 10.0. The van der Waals surface area contributed by atoms with E-state index in [4.69, 9.17) is 9.47 Å². The van der Waals surface area contributed by atoms with Gasteiger partial charge in [-0.15, -0.1) is 0 Å². The van der Waals surface area contributed by atoms with Gasteiger partial charge in [-0.1, -0.05) is 39.8 Å². The van der Waals surface area contributed by atoms with Gasteiger partial charge in [0.05, 0.1) is 36.7 Å². The van der Waals surface area contributed by atoms with Gasteiger partial charge in [-0.2, -0.15) is 0 Å². The highest BCUT2D eigenvalue weighted by Crippen LogP contribution is 2.41. The molecule has 0 saturated heterocycles. The van der Waals surface area contributed by atoms with Gasteiger partial charge in [-0.05, 0) is 68.8 Å². The average Bonchev–Trinajstić information content (AvgIpc) is 3.89. The monoisotopic (exact) mass is 834 g/mol. The van der Waals surface area contributed by atoms with Crippen molar-refractivity contribution in [3.63, 3.8) is 0 Å². The first kappa shape index (κ1) is 41.3. The van der Waals surface area contributed by atoms with E-state index in [1.807, 2.05) is 60.5 Å². The van der Waals surface area contributed by atoms with Gasteiger partial charge >= 0.3 is 0 Å². The third-order valence-corrected chi connectivity index (χ3v) is 12.8. The average molecular weight is 835 g/mol. The number of Topliss-reactive ketones (excluding diaryl/α,β-unsaturated/α-hetero) is 1. The van der Waals surface area contributed by atoms with Crippen LogP contribution in [0.15, 0.2) is 78.2 Å². The van der Waals surface area contributed by atoms with Crippen LogP contribution in [0.5, 0.6) is 11.5 Å². The van der Waals surface area contributed by atoms with Crippen LogP contribution in [0.1, 0.15) is 76.6 Å². The number of methoxy groups -OCH3 is 1. The number of aryl methyl sites for hydroxylation is 2. The van der Waals surface area contributed by atoms with Crippen LogP contribution in [0.25, 0.3) is 11.1 Å². The van der Waals surface area contributed by atoms with Gasteiger partial charge in [-0.3, -0.25) is 29.1 Å². The molecule has 5 heterocycles. The largest absolute Gasteiger partial charge is 0.493 e. The Bertz CT molecular complexity index is 2440. The zero-order chi connectivity index (χ0) is 41.8. The summed E-state index contributed by atoms with van der Waals surface area (Å²) in [7, 11) is 8.51. The van der Waals surface area contributed by atoms with Gasteiger partial charge in [-0.25, -0.2) is 9.97 Å². The molecule has 2 aliphatic rings. The molecule has 7 rings (SSSR count). The molecule has 0 radical (unpaired) electrons. The van der Waals surface area contributed by atoms with E-state index in [-0.39, 0.29) is 53.1 Å². The Balaban J connectivity index is 0.896. The summed E-state index contributed by atoms with van der Waals surface area (Å²) in [6, 6.07) is 16.4. The molecule has 3 amide bonds. The fourth-order valence-electron chi connectivity index (χ4n) is 7.17. The van der Waals surface area contributed by atoms with Gasteiger partial charge in [0.1, 0.15) is 5.82 Å². The first-order valence-electron chi connectivity index (χ1n) is 19.2. The number of anilines is 3. The summed E-state index contributed by atoms with van der Waals surface area (Å²) >= 11 is 0. The molecule has 0 spiro atoms. The molecule has 0 aliphatic carbocycles. The number of carbonyl (C=O) groups excluding carboxylic acids is 4. The first-order chi connectivity index (χ1) is 28.3. The molecule has 5 aromatic rings. The number of nitrogens with zero attached hydrogens (tertiary/aromatic N) is 6. The Morgan fingerprint density at radius 3 is 2.53 bits per heavy atom. The fraction of sp³-hybridized carbons (Fsp3) is 0.326. The molecular weight excluding hydrogens is 789 g/mol. The molecule has 1 atom stereocenters. The van der Waals surface area contributed by atoms with Crippen LogP contribution < -0.4 is 25.0 Å². The highest BCUT2D eigenvalue weighted by Gasteiger charge is 2.36. The number of ketones is 1. The van der Waals surface area contributed by atoms with E-state index < -0.39 is 5.91 Å². The van der Waals surface area contributed by atoms with Gasteiger partial charge in [0.2, 0.25) is 11.7 Å². The normalized spacial score (nSPS) is 14.3. The number of nitrogens with one attached hydrogen (secondary N) is 2. The van der Waals surface area contributed by atoms with Crippen LogP contribution in [-0.2, 0) is 25.3 Å². The summed E-state index contributed by atoms with van der Waals surface area (Å²) in [4.78, 5) is 67.9. The number of para-hydroxylation sites is 1. The number of aromatic nitrogens is 4. The zero-order valence-corrected chi connectivity index (χ0v) is 35.4. The highest BCUT2D eigenvalue weighted by atomic mass is 33.1. The molecule has 2 aliphatic heterocycles. The Morgan fingerprint density at radius 2 is 1.76 bits per heavy atom. The molecule has 2 N–H and O–H groups in total. The molecule has 0 bridgehead atoms. The topological polar surface area (TPSA) is 162 Å². The molecule has 3 aromatic heterocycles. The molecule has 16 heteroatoms. The smallest absolute Gasteiger partial charge is 0.292 e. The number of aliphatic imine (C=N–C) groups is 1. The quantitative estimate of drug-likeness (QED) is 0.0568. The summed E-state index contributed by atoms with van der Waals surface area (Å²) in [6.07, 6.45) is 11.4. The number of ether oxygens (including phenoxy) is 2. The third-order valence-electron chi connectivity index (χ3n) is 10.2. The van der Waals surface area contributed by atoms with Crippen molar-refractivity contribution >= 4 is 74.3 Å². The molecule has 59 heavy (non-hydrogen) atoms. The Hall–Kier alpha value is -5.87. The second-order valence-electron chi connectivity index (χ2n) is 15.0. The van der Waals surface area contributed by atoms with E-state index in [1.165, 1.54) is 11.7 Å². The Morgan fingerprint density at radius 1 is 0.949 bits per heavy atom. The minimum absolute atomic E-state index is 0.00398. The SMILES string of the molecule is COc1cc2c(cc1OCCCC(=O)Nc1cn(C)c(C(=O)Nc3ccc(-c4cc(C(=O)CCC(C)(C)SSC)n(C)c4)cn3)n1)N=C[C@@H]1Cc3ccccc3N1C2=O. The van der Waals surface area contributed by atoms with E-state index >= 15 is 0 Å². The fourth-order valence-corrected chi connectivity index (χ4v) is 9.41. The van der Waals surface area contributed by atoms with Gasteiger partial charge in [0.15, 0.2) is 23.1 Å². The lowest BCUT2D eigenvalue weighted by Crippen LogP contribution is -2.37. The van der Waals surface area contributed by atoms with Crippen LogP contribution in [0.3, 0.4) is 0 Å². The maximum absolute atomic E-state index is 13.7. The van der Waals surface area contributed by atoms with Crippen LogP contribution in [0, 0.1) is 0 Å². The zero-order valence-electron chi connectivity index (χ0n) is 33.8. The first-order valence-corrected chi connectivity index (χ1v) is 21.7. The van der Waals surface area contributed by atoms with E-state index in [1.54, 1.807) is 70.3 Å². The number of rotatable bonds is 16. The molecular formula is C43H46N8O6S2. The van der Waals surface area contributed by atoms with E-state index in [2.05, 4.69) is 39.4 Å². The summed E-state index contributed by atoms with van der Waals surface area (Å²) in [5.41, 5.74) is 5.19.